The normalized spacial score (nSPS) is 16.3. The summed E-state index contributed by atoms with van der Waals surface area (Å²) >= 11 is 12.2. The average molecular weight is 398 g/mol. The first-order valence-electron chi connectivity index (χ1n) is 8.61. The van der Waals surface area contributed by atoms with Crippen molar-refractivity contribution in [2.45, 2.75) is 57.9 Å². The Balaban J connectivity index is 0.00000243. The molecule has 0 saturated carbocycles. The van der Waals surface area contributed by atoms with Gasteiger partial charge in [-0.25, -0.2) is 4.98 Å². The van der Waals surface area contributed by atoms with Crippen molar-refractivity contribution in [3.8, 4) is 0 Å². The Morgan fingerprint density at radius 3 is 2.69 bits per heavy atom. The minimum atomic E-state index is -0.758. The number of hydrogen-bond donors (Lipinski definition) is 2. The molecule has 0 saturated heterocycles. The molecule has 26 heavy (non-hydrogen) atoms. The molecule has 7 heteroatoms. The van der Waals surface area contributed by atoms with Gasteiger partial charge in [-0.15, -0.1) is 0 Å². The van der Waals surface area contributed by atoms with Crippen LogP contribution in [0.2, 0.25) is 10.0 Å². The lowest BCUT2D eigenvalue weighted by molar-refractivity contribution is -0.137. The van der Waals surface area contributed by atoms with E-state index in [0.717, 1.165) is 42.0 Å². The summed E-state index contributed by atoms with van der Waals surface area (Å²) in [4.78, 5) is 16.2. The second-order valence-corrected chi connectivity index (χ2v) is 7.79. The molecular weight excluding hydrogens is 373 g/mol. The molecular formula is C19H25Cl2N3O2. The topological polar surface area (TPSA) is 90.1 Å². The number of carboxylic acid groups (broad SMARTS) is 1. The van der Waals surface area contributed by atoms with Gasteiger partial charge < -0.3 is 15.8 Å². The number of fused-ring (bicyclic) bond motifs is 1. The van der Waals surface area contributed by atoms with E-state index in [2.05, 4.69) is 18.4 Å². The molecule has 4 N–H and O–H groups in total. The highest BCUT2D eigenvalue weighted by Gasteiger charge is 2.30. The molecule has 2 aromatic rings. The van der Waals surface area contributed by atoms with E-state index in [1.165, 1.54) is 0 Å². The molecule has 1 unspecified atom stereocenters. The molecule has 0 bridgehead atoms. The number of rotatable bonds is 5. The molecule has 0 aliphatic heterocycles. The average Bonchev–Trinajstić information content (AvgIpc) is 2.90. The van der Waals surface area contributed by atoms with Gasteiger partial charge in [-0.3, -0.25) is 4.79 Å². The van der Waals surface area contributed by atoms with Crippen LogP contribution in [0.5, 0.6) is 0 Å². The fraction of sp³-hybridized carbons (Fsp3) is 0.474. The van der Waals surface area contributed by atoms with Crippen LogP contribution in [0.15, 0.2) is 18.2 Å². The number of nitrogens with zero attached hydrogens (tertiary/aromatic N) is 2. The molecule has 5 nitrogen and oxygen atoms in total. The standard InChI is InChI=1S/C19H22Cl2N2O2.H3N/c1-11(2)19-22-16-5-3-4-13(9-17(24)25)18(16)23(19)10-12-6-7-14(20)15(21)8-12;/h6-8,11,13H,3-5,9-10H2,1-2H3,(H,24,25);1H3. The highest BCUT2D eigenvalue weighted by Crippen LogP contribution is 2.37. The lowest BCUT2D eigenvalue weighted by Gasteiger charge is -2.24. The molecule has 1 atom stereocenters. The summed E-state index contributed by atoms with van der Waals surface area (Å²) < 4.78 is 2.20. The van der Waals surface area contributed by atoms with Crippen LogP contribution in [0.3, 0.4) is 0 Å². The fourth-order valence-corrected chi connectivity index (χ4v) is 3.99. The number of aliphatic carboxylic acids is 1. The van der Waals surface area contributed by atoms with Crippen LogP contribution in [0.1, 0.15) is 67.7 Å². The van der Waals surface area contributed by atoms with Gasteiger partial charge in [0.2, 0.25) is 0 Å². The van der Waals surface area contributed by atoms with Gasteiger partial charge in [-0.05, 0) is 37.0 Å². The van der Waals surface area contributed by atoms with Crippen molar-refractivity contribution in [3.63, 3.8) is 0 Å². The summed E-state index contributed by atoms with van der Waals surface area (Å²) in [5.74, 6) is 0.530. The zero-order valence-corrected chi connectivity index (χ0v) is 16.6. The zero-order valence-electron chi connectivity index (χ0n) is 15.1. The first-order chi connectivity index (χ1) is 11.9. The summed E-state index contributed by atoms with van der Waals surface area (Å²) in [5.41, 5.74) is 3.18. The maximum absolute atomic E-state index is 11.3. The van der Waals surface area contributed by atoms with Crippen LogP contribution in [0.4, 0.5) is 0 Å². The molecule has 3 rings (SSSR count). The molecule has 0 fully saturated rings. The van der Waals surface area contributed by atoms with Gasteiger partial charge in [-0.2, -0.15) is 0 Å². The largest absolute Gasteiger partial charge is 0.481 e. The van der Waals surface area contributed by atoms with Crippen molar-refractivity contribution in [1.82, 2.24) is 15.7 Å². The number of halogens is 2. The van der Waals surface area contributed by atoms with Crippen LogP contribution in [0, 0.1) is 0 Å². The van der Waals surface area contributed by atoms with E-state index in [0.29, 0.717) is 16.6 Å². The number of carbonyl (C=O) groups is 1. The van der Waals surface area contributed by atoms with Crippen molar-refractivity contribution in [3.05, 3.63) is 51.0 Å². The Morgan fingerprint density at radius 1 is 1.35 bits per heavy atom. The Labute approximate surface area is 163 Å². The van der Waals surface area contributed by atoms with Crippen LogP contribution in [-0.4, -0.2) is 20.6 Å². The Morgan fingerprint density at radius 2 is 2.08 bits per heavy atom. The minimum absolute atomic E-state index is 0. The number of hydrogen-bond acceptors (Lipinski definition) is 3. The van der Waals surface area contributed by atoms with E-state index < -0.39 is 5.97 Å². The predicted octanol–water partition coefficient (Wildman–Crippen LogP) is 5.42. The first kappa shape index (κ1) is 20.7. The fourth-order valence-electron chi connectivity index (χ4n) is 3.66. The summed E-state index contributed by atoms with van der Waals surface area (Å²) in [6, 6.07) is 5.63. The number of benzene rings is 1. The second-order valence-electron chi connectivity index (χ2n) is 6.98. The van der Waals surface area contributed by atoms with Gasteiger partial charge >= 0.3 is 5.97 Å². The van der Waals surface area contributed by atoms with E-state index in [4.69, 9.17) is 28.2 Å². The maximum Gasteiger partial charge on any atom is 0.304 e. The molecule has 1 aliphatic rings. The number of aromatic nitrogens is 2. The lowest BCUT2D eigenvalue weighted by Crippen LogP contribution is -2.18. The molecule has 1 aliphatic carbocycles. The lowest BCUT2D eigenvalue weighted by atomic mass is 9.87. The van der Waals surface area contributed by atoms with Crippen molar-refractivity contribution < 1.29 is 9.90 Å². The van der Waals surface area contributed by atoms with Crippen LogP contribution in [0.25, 0.3) is 0 Å². The third-order valence-electron chi connectivity index (χ3n) is 4.73. The highest BCUT2D eigenvalue weighted by atomic mass is 35.5. The monoisotopic (exact) mass is 397 g/mol. The second kappa shape index (κ2) is 8.42. The smallest absolute Gasteiger partial charge is 0.304 e. The Hall–Kier alpha value is -1.56. The van der Waals surface area contributed by atoms with Crippen molar-refractivity contribution in [1.29, 1.82) is 0 Å². The van der Waals surface area contributed by atoms with Crippen molar-refractivity contribution in [2.75, 3.05) is 0 Å². The minimum Gasteiger partial charge on any atom is -0.481 e. The van der Waals surface area contributed by atoms with Gasteiger partial charge in [0.05, 0.1) is 22.2 Å². The molecule has 0 spiro atoms. The summed E-state index contributed by atoms with van der Waals surface area (Å²) in [6.45, 7) is 4.86. The maximum atomic E-state index is 11.3. The summed E-state index contributed by atoms with van der Waals surface area (Å²) in [5, 5.41) is 10.4. The molecule has 142 valence electrons. The van der Waals surface area contributed by atoms with Gasteiger partial charge in [-0.1, -0.05) is 43.1 Å². The molecule has 0 amide bonds. The quantitative estimate of drug-likeness (QED) is 0.704. The van der Waals surface area contributed by atoms with Gasteiger partial charge in [0.15, 0.2) is 0 Å². The van der Waals surface area contributed by atoms with E-state index in [-0.39, 0.29) is 24.4 Å². The van der Waals surface area contributed by atoms with Crippen molar-refractivity contribution >= 4 is 29.2 Å². The van der Waals surface area contributed by atoms with E-state index in [9.17, 15) is 9.90 Å². The Bertz CT molecular complexity index is 802. The van der Waals surface area contributed by atoms with E-state index in [1.54, 1.807) is 6.07 Å². The molecule has 1 aromatic heterocycles. The van der Waals surface area contributed by atoms with Crippen LogP contribution >= 0.6 is 23.2 Å². The van der Waals surface area contributed by atoms with Gasteiger partial charge in [0, 0.05) is 24.1 Å². The molecule has 1 aromatic carbocycles. The number of aryl methyl sites for hydroxylation is 1. The van der Waals surface area contributed by atoms with Gasteiger partial charge in [0.25, 0.3) is 0 Å². The first-order valence-corrected chi connectivity index (χ1v) is 9.37. The third kappa shape index (κ3) is 4.22. The Kier molecular flexibility index (Phi) is 6.72. The third-order valence-corrected chi connectivity index (χ3v) is 5.47. The van der Waals surface area contributed by atoms with Crippen LogP contribution in [-0.2, 0) is 17.8 Å². The van der Waals surface area contributed by atoms with E-state index >= 15 is 0 Å². The van der Waals surface area contributed by atoms with Gasteiger partial charge in [0.1, 0.15) is 5.82 Å². The molecule has 1 heterocycles. The van der Waals surface area contributed by atoms with E-state index in [1.807, 2.05) is 12.1 Å². The number of imidazole rings is 1. The number of carboxylic acids is 1. The van der Waals surface area contributed by atoms with Crippen LogP contribution < -0.4 is 6.15 Å². The summed E-state index contributed by atoms with van der Waals surface area (Å²) in [7, 11) is 0. The molecule has 0 radical (unpaired) electrons. The summed E-state index contributed by atoms with van der Waals surface area (Å²) in [6.07, 6.45) is 2.95. The van der Waals surface area contributed by atoms with Crippen molar-refractivity contribution in [2.24, 2.45) is 0 Å². The zero-order chi connectivity index (χ0) is 18.1. The highest BCUT2D eigenvalue weighted by molar-refractivity contribution is 6.42. The SMILES string of the molecule is CC(C)c1nc2c(n1Cc1ccc(Cl)c(Cl)c1)C(CC(=O)O)CCC2.N. The predicted molar refractivity (Wildman–Crippen MR) is 105 cm³/mol.